The molecular weight excluding hydrogens is 739 g/mol. The van der Waals surface area contributed by atoms with Crippen LogP contribution in [0.25, 0.3) is 11.3 Å². The molecule has 2 N–H and O–H groups in total. The molecule has 0 aliphatic heterocycles. The number of alkyl halides is 3. The van der Waals surface area contributed by atoms with Crippen LogP contribution in [0.2, 0.25) is 5.02 Å². The van der Waals surface area contributed by atoms with E-state index >= 15 is 0 Å². The minimum atomic E-state index is -4.62. The number of ketones is 1. The average Bonchev–Trinajstić information content (AvgIpc) is 3.69. The molecule has 4 aromatic rings. The van der Waals surface area contributed by atoms with Crippen molar-refractivity contribution in [3.63, 3.8) is 0 Å². The maximum atomic E-state index is 14.5. The Hall–Kier alpha value is -3.74. The van der Waals surface area contributed by atoms with Crippen LogP contribution in [-0.4, -0.2) is 53.2 Å². The number of fused-ring (bicyclic) bond motifs is 8. The lowest BCUT2D eigenvalue weighted by Crippen LogP contribution is -2.53. The van der Waals surface area contributed by atoms with Gasteiger partial charge in [-0.3, -0.25) is 4.79 Å². The Labute approximate surface area is 319 Å². The molecule has 3 aromatic carbocycles. The van der Waals surface area contributed by atoms with Gasteiger partial charge in [0, 0.05) is 29.6 Å². The largest absolute Gasteiger partial charge is 0.453 e. The third-order valence-electron chi connectivity index (χ3n) is 11.4. The Bertz CT molecular complexity index is 2150. The molecule has 1 heterocycles. The van der Waals surface area contributed by atoms with Gasteiger partial charge >= 0.3 is 6.18 Å². The van der Waals surface area contributed by atoms with Gasteiger partial charge in [0.2, 0.25) is 15.8 Å². The first-order chi connectivity index (χ1) is 25.4. The number of furan rings is 1. The molecule has 1 fully saturated rings. The van der Waals surface area contributed by atoms with Crippen molar-refractivity contribution in [1.29, 1.82) is 0 Å². The van der Waals surface area contributed by atoms with Crippen LogP contribution in [0.3, 0.4) is 0 Å². The highest BCUT2D eigenvalue weighted by atomic mass is 35.5. The van der Waals surface area contributed by atoms with E-state index < -0.39 is 50.6 Å². The Morgan fingerprint density at radius 2 is 1.76 bits per heavy atom. The number of aliphatic hydroxyl groups is 2. The third-order valence-corrected chi connectivity index (χ3v) is 12.9. The molecule has 54 heavy (non-hydrogen) atoms. The van der Waals surface area contributed by atoms with E-state index in [1.165, 1.54) is 16.4 Å². The fraction of sp³-hybridized carbons (Fsp3) is 0.405. The lowest BCUT2D eigenvalue weighted by Gasteiger charge is -2.45. The molecule has 0 amide bonds. The van der Waals surface area contributed by atoms with E-state index in [0.29, 0.717) is 43.2 Å². The van der Waals surface area contributed by atoms with Crippen molar-refractivity contribution in [3.05, 3.63) is 129 Å². The van der Waals surface area contributed by atoms with Crippen LogP contribution in [0.1, 0.15) is 96.7 Å². The van der Waals surface area contributed by atoms with Crippen molar-refractivity contribution in [2.24, 2.45) is 5.41 Å². The highest BCUT2D eigenvalue weighted by Crippen LogP contribution is 2.59. The second-order valence-corrected chi connectivity index (χ2v) is 17.5. The molecular formula is C42H45ClF3NO6S. The van der Waals surface area contributed by atoms with Gasteiger partial charge in [-0.2, -0.15) is 17.5 Å². The standard InChI is InChI=1S/C42H45ClF3NO6S/c1-27-8-7-20-40(2)35(19-21-41(40,50)26-47(54(3,51)52)25-28-9-5-4-6-10-28)32-15-12-29(22-31(48)14-11-27)23-33(32)39(49)38-18-17-37(53-38)34-24-30(42(44,45)46)13-16-36(34)43/h4-6,8-10,12-13,15-18,23-24,31,35,48,50H,7,11,14,19-22,25-26H2,1-3H3. The van der Waals surface area contributed by atoms with Crippen molar-refractivity contribution in [3.8, 4) is 11.3 Å². The van der Waals surface area contributed by atoms with Gasteiger partial charge in [0.25, 0.3) is 0 Å². The van der Waals surface area contributed by atoms with E-state index in [-0.39, 0.29) is 53.6 Å². The number of carbonyl (C=O) groups is 1. The van der Waals surface area contributed by atoms with E-state index in [1.54, 1.807) is 6.07 Å². The normalized spacial score (nSPS) is 23.9. The molecule has 1 saturated carbocycles. The number of hydrogen-bond donors (Lipinski definition) is 2. The lowest BCUT2D eigenvalue weighted by molar-refractivity contribution is -0.137. The van der Waals surface area contributed by atoms with E-state index in [2.05, 4.69) is 6.08 Å². The van der Waals surface area contributed by atoms with Gasteiger partial charge in [-0.1, -0.05) is 72.6 Å². The smallest absolute Gasteiger partial charge is 0.416 e. The van der Waals surface area contributed by atoms with E-state index in [1.807, 2.05) is 56.3 Å². The predicted octanol–water partition coefficient (Wildman–Crippen LogP) is 9.35. The van der Waals surface area contributed by atoms with Gasteiger partial charge in [0.15, 0.2) is 5.76 Å². The molecule has 0 saturated heterocycles. The fourth-order valence-electron chi connectivity index (χ4n) is 8.19. The summed E-state index contributed by atoms with van der Waals surface area (Å²) in [5.74, 6) is -1.04. The topological polar surface area (TPSA) is 108 Å². The zero-order chi connectivity index (χ0) is 39.1. The van der Waals surface area contributed by atoms with Crippen LogP contribution >= 0.6 is 11.6 Å². The molecule has 2 bridgehead atoms. The van der Waals surface area contributed by atoms with Crippen LogP contribution in [-0.2, 0) is 29.2 Å². The maximum Gasteiger partial charge on any atom is 0.416 e. The monoisotopic (exact) mass is 783 g/mol. The van der Waals surface area contributed by atoms with Crippen LogP contribution in [0.5, 0.6) is 0 Å². The summed E-state index contributed by atoms with van der Waals surface area (Å²) in [6.45, 7) is 3.91. The summed E-state index contributed by atoms with van der Waals surface area (Å²) < 4.78 is 74.4. The summed E-state index contributed by atoms with van der Waals surface area (Å²) in [4.78, 5) is 14.5. The minimum Gasteiger partial charge on any atom is -0.453 e. The zero-order valence-corrected chi connectivity index (χ0v) is 32.1. The van der Waals surface area contributed by atoms with Crippen LogP contribution in [0.4, 0.5) is 13.2 Å². The molecule has 3 aliphatic rings. The predicted molar refractivity (Wildman–Crippen MR) is 203 cm³/mol. The SMILES string of the molecule is CC1=CCCC2(C)C(CCC2(O)CN(Cc2ccccc2)S(C)(=O)=O)c2ccc(cc2C(=O)c2ccc(-c3cc(C(F)(F)F)ccc3Cl)o2)CC(O)CC1. The molecule has 7 rings (SSSR count). The molecule has 3 aliphatic carbocycles. The summed E-state index contributed by atoms with van der Waals surface area (Å²) in [5, 5.41) is 23.7. The number of carbonyl (C=O) groups excluding carboxylic acids is 1. The number of rotatable bonds is 8. The van der Waals surface area contributed by atoms with Crippen LogP contribution < -0.4 is 0 Å². The van der Waals surface area contributed by atoms with Crippen molar-refractivity contribution in [1.82, 2.24) is 4.31 Å². The van der Waals surface area contributed by atoms with Crippen LogP contribution in [0, 0.1) is 5.41 Å². The summed E-state index contributed by atoms with van der Waals surface area (Å²) >= 11 is 6.30. The first-order valence-electron chi connectivity index (χ1n) is 18.1. The molecule has 0 radical (unpaired) electrons. The average molecular weight is 784 g/mol. The first kappa shape index (κ1) is 39.9. The van der Waals surface area contributed by atoms with E-state index in [0.717, 1.165) is 35.6 Å². The van der Waals surface area contributed by atoms with E-state index in [9.17, 15) is 36.6 Å². The van der Waals surface area contributed by atoms with Crippen molar-refractivity contribution in [2.75, 3.05) is 12.8 Å². The Morgan fingerprint density at radius 3 is 2.46 bits per heavy atom. The van der Waals surface area contributed by atoms with Gasteiger partial charge in [-0.25, -0.2) is 8.42 Å². The third kappa shape index (κ3) is 8.40. The molecule has 288 valence electrons. The van der Waals surface area contributed by atoms with Gasteiger partial charge in [0.1, 0.15) is 5.76 Å². The molecule has 0 spiro atoms. The summed E-state index contributed by atoms with van der Waals surface area (Å²) in [5.41, 5.74) is 0.193. The first-order valence-corrected chi connectivity index (χ1v) is 20.3. The van der Waals surface area contributed by atoms with Crippen LogP contribution in [0.15, 0.2) is 94.9 Å². The van der Waals surface area contributed by atoms with Crippen molar-refractivity contribution < 1.29 is 41.0 Å². The minimum absolute atomic E-state index is 0.00811. The second kappa shape index (κ2) is 15.4. The molecule has 4 atom stereocenters. The maximum absolute atomic E-state index is 14.5. The molecule has 1 aromatic heterocycles. The quantitative estimate of drug-likeness (QED) is 0.136. The van der Waals surface area contributed by atoms with E-state index in [4.69, 9.17) is 16.0 Å². The summed E-state index contributed by atoms with van der Waals surface area (Å²) in [6.07, 6.45) is 1.17. The zero-order valence-electron chi connectivity index (χ0n) is 30.5. The lowest BCUT2D eigenvalue weighted by atomic mass is 9.65. The second-order valence-electron chi connectivity index (χ2n) is 15.1. The number of aliphatic hydroxyl groups excluding tert-OH is 1. The highest BCUT2D eigenvalue weighted by molar-refractivity contribution is 7.88. The number of allylic oxidation sites excluding steroid dienone is 2. The van der Waals surface area contributed by atoms with Gasteiger partial charge in [0.05, 0.1) is 28.5 Å². The highest BCUT2D eigenvalue weighted by Gasteiger charge is 2.58. The van der Waals surface area contributed by atoms with Gasteiger partial charge in [-0.05, 0) is 111 Å². The molecule has 12 heteroatoms. The Balaban J connectivity index is 1.43. The number of benzene rings is 3. The van der Waals surface area contributed by atoms with Gasteiger partial charge in [-0.15, -0.1) is 0 Å². The number of halogens is 4. The molecule has 7 nitrogen and oxygen atoms in total. The van der Waals surface area contributed by atoms with Crippen molar-refractivity contribution in [2.45, 2.75) is 89.1 Å². The number of hydrogen-bond acceptors (Lipinski definition) is 6. The number of sulfonamides is 1. The number of nitrogens with zero attached hydrogens (tertiary/aromatic N) is 1. The van der Waals surface area contributed by atoms with Crippen molar-refractivity contribution >= 4 is 27.4 Å². The van der Waals surface area contributed by atoms with Gasteiger partial charge < -0.3 is 14.6 Å². The summed E-state index contributed by atoms with van der Waals surface area (Å²) in [7, 11) is -3.76. The molecule has 4 unspecified atom stereocenters. The summed E-state index contributed by atoms with van der Waals surface area (Å²) in [6, 6.07) is 20.4. The fourth-order valence-corrected chi connectivity index (χ4v) is 9.24. The Kier molecular flexibility index (Phi) is 11.4. The Morgan fingerprint density at radius 1 is 1.02 bits per heavy atom.